The van der Waals surface area contributed by atoms with E-state index >= 15 is 0 Å². The van der Waals surface area contributed by atoms with Crippen LogP contribution in [0, 0.1) is 12.7 Å². The topological polar surface area (TPSA) is 144 Å². The highest BCUT2D eigenvalue weighted by Crippen LogP contribution is 2.32. The summed E-state index contributed by atoms with van der Waals surface area (Å²) in [5, 5.41) is 3.21. The van der Waals surface area contributed by atoms with Crippen LogP contribution in [0.25, 0.3) is 16.7 Å². The van der Waals surface area contributed by atoms with Gasteiger partial charge in [0.05, 0.1) is 22.6 Å². The molecule has 0 saturated heterocycles. The molecule has 1 atom stereocenters. The number of nitrogens with one attached hydrogen (secondary N) is 2. The maximum Gasteiger partial charge on any atom is 0.283 e. The molecule has 0 spiro atoms. The second kappa shape index (κ2) is 9.91. The quantitative estimate of drug-likeness (QED) is 0.285. The number of sulfonamides is 1. The number of carbonyl (C=O) groups is 1. The van der Waals surface area contributed by atoms with Crippen LogP contribution in [-0.4, -0.2) is 38.2 Å². The number of benzene rings is 2. The highest BCUT2D eigenvalue weighted by Gasteiger charge is 2.27. The Kier molecular flexibility index (Phi) is 6.44. The molecule has 0 bridgehead atoms. The summed E-state index contributed by atoms with van der Waals surface area (Å²) in [6.07, 6.45) is 4.62. The minimum atomic E-state index is -4.33. The van der Waals surface area contributed by atoms with Crippen molar-refractivity contribution in [3.63, 3.8) is 0 Å². The van der Waals surface area contributed by atoms with Crippen LogP contribution in [-0.2, 0) is 35.0 Å². The zero-order valence-electron chi connectivity index (χ0n) is 23.2. The molecule has 42 heavy (non-hydrogen) atoms. The van der Waals surface area contributed by atoms with Gasteiger partial charge in [-0.15, -0.1) is 0 Å². The molecule has 216 valence electrons. The zero-order valence-corrected chi connectivity index (χ0v) is 24.0. The predicted molar refractivity (Wildman–Crippen MR) is 154 cm³/mol. The molecule has 0 radical (unpaired) electrons. The zero-order chi connectivity index (χ0) is 29.9. The molecular formula is C28H27FN8O4S. The van der Waals surface area contributed by atoms with Crippen molar-refractivity contribution in [3.05, 3.63) is 87.3 Å². The van der Waals surface area contributed by atoms with Gasteiger partial charge in [0.15, 0.2) is 0 Å². The first-order chi connectivity index (χ1) is 19.9. The molecule has 2 aromatic carbocycles. The lowest BCUT2D eigenvalue weighted by Crippen LogP contribution is -2.30. The molecule has 1 aliphatic rings. The van der Waals surface area contributed by atoms with Gasteiger partial charge < -0.3 is 10.2 Å². The molecule has 12 nitrogen and oxygen atoms in total. The van der Waals surface area contributed by atoms with Crippen molar-refractivity contribution >= 4 is 44.2 Å². The second-order valence-corrected chi connectivity index (χ2v) is 12.0. The van der Waals surface area contributed by atoms with E-state index in [-0.39, 0.29) is 22.8 Å². The second-order valence-electron chi connectivity index (χ2n) is 10.4. The highest BCUT2D eigenvalue weighted by atomic mass is 32.2. The summed E-state index contributed by atoms with van der Waals surface area (Å²) in [6.45, 7) is 5.64. The number of rotatable bonds is 6. The van der Waals surface area contributed by atoms with Crippen molar-refractivity contribution in [2.45, 2.75) is 44.9 Å². The molecule has 1 amide bonds. The number of hydrogen-bond acceptors (Lipinski definition) is 9. The average molecular weight is 591 g/mol. The lowest BCUT2D eigenvalue weighted by atomic mass is 10.0. The molecule has 0 unspecified atom stereocenters. The number of aryl methyl sites for hydroxylation is 1. The first kappa shape index (κ1) is 27.3. The summed E-state index contributed by atoms with van der Waals surface area (Å²) in [7, 11) is -2.67. The third-order valence-electron chi connectivity index (χ3n) is 7.22. The SMILES string of the molecule is CC(=O)NS(=O)(=O)c1nc2nccn2cc1N[C@H](C)c1cc(C)cc2c(=O)n(C)c(N3Cc4ccc(F)cc4C3)nc12. The van der Waals surface area contributed by atoms with E-state index in [1.807, 2.05) is 29.5 Å². The van der Waals surface area contributed by atoms with E-state index in [2.05, 4.69) is 15.3 Å². The number of nitrogens with zero attached hydrogens (tertiary/aromatic N) is 6. The van der Waals surface area contributed by atoms with E-state index in [0.29, 0.717) is 35.5 Å². The normalized spacial score (nSPS) is 13.9. The monoisotopic (exact) mass is 590 g/mol. The van der Waals surface area contributed by atoms with E-state index in [1.165, 1.54) is 29.1 Å². The number of anilines is 2. The fourth-order valence-corrected chi connectivity index (χ4v) is 6.43. The van der Waals surface area contributed by atoms with Gasteiger partial charge in [0.1, 0.15) is 5.82 Å². The van der Waals surface area contributed by atoms with Gasteiger partial charge in [0, 0.05) is 51.2 Å². The number of carbonyl (C=O) groups excluding carboxylic acids is 1. The van der Waals surface area contributed by atoms with Crippen LogP contribution >= 0.6 is 0 Å². The fourth-order valence-electron chi connectivity index (χ4n) is 5.35. The Hall–Kier alpha value is -4.85. The Labute approximate surface area is 239 Å². The first-order valence-electron chi connectivity index (χ1n) is 13.1. The van der Waals surface area contributed by atoms with Crippen molar-refractivity contribution in [2.75, 3.05) is 10.2 Å². The number of hydrogen-bond donors (Lipinski definition) is 2. The van der Waals surface area contributed by atoms with E-state index in [9.17, 15) is 22.4 Å². The average Bonchev–Trinajstić information content (AvgIpc) is 3.55. The Bertz CT molecular complexity index is 2090. The van der Waals surface area contributed by atoms with E-state index in [1.54, 1.807) is 29.8 Å². The van der Waals surface area contributed by atoms with Gasteiger partial charge in [-0.2, -0.15) is 13.4 Å². The fraction of sp³-hybridized carbons (Fsp3) is 0.250. The van der Waals surface area contributed by atoms with Gasteiger partial charge in [0.2, 0.25) is 22.7 Å². The van der Waals surface area contributed by atoms with Crippen molar-refractivity contribution in [2.24, 2.45) is 7.05 Å². The molecule has 14 heteroatoms. The van der Waals surface area contributed by atoms with Crippen LogP contribution in [0.15, 0.2) is 58.7 Å². The molecule has 3 aromatic heterocycles. The van der Waals surface area contributed by atoms with Crippen molar-refractivity contribution in [1.82, 2.24) is 28.6 Å². The number of halogens is 1. The van der Waals surface area contributed by atoms with E-state index in [0.717, 1.165) is 23.6 Å². The third-order valence-corrected chi connectivity index (χ3v) is 8.60. The molecular weight excluding hydrogens is 563 g/mol. The number of aromatic nitrogens is 5. The molecule has 5 aromatic rings. The van der Waals surface area contributed by atoms with Gasteiger partial charge in [-0.25, -0.2) is 19.1 Å². The molecule has 0 saturated carbocycles. The van der Waals surface area contributed by atoms with Crippen LogP contribution in [0.2, 0.25) is 0 Å². The van der Waals surface area contributed by atoms with Crippen molar-refractivity contribution in [1.29, 1.82) is 0 Å². The summed E-state index contributed by atoms with van der Waals surface area (Å²) in [6, 6.07) is 7.74. The van der Waals surface area contributed by atoms with Gasteiger partial charge in [-0.1, -0.05) is 12.1 Å². The Balaban J connectivity index is 1.45. The molecule has 0 aliphatic carbocycles. The molecule has 2 N–H and O–H groups in total. The van der Waals surface area contributed by atoms with E-state index < -0.39 is 27.0 Å². The maximum absolute atomic E-state index is 13.9. The van der Waals surface area contributed by atoms with Crippen LogP contribution in [0.3, 0.4) is 0 Å². The van der Waals surface area contributed by atoms with Gasteiger partial charge in [0.25, 0.3) is 15.6 Å². The summed E-state index contributed by atoms with van der Waals surface area (Å²) in [5.41, 5.74) is 3.58. The van der Waals surface area contributed by atoms with E-state index in [4.69, 9.17) is 4.98 Å². The minimum Gasteiger partial charge on any atom is -0.375 e. The minimum absolute atomic E-state index is 0.123. The standard InChI is InChI=1S/C28H27FN8O4S/c1-15-9-21(16(2)31-23-14-36-8-7-30-27(36)33-25(23)42(40,41)34-17(3)38)24-22(10-15)26(39)35(4)28(32-24)37-12-18-5-6-20(29)11-19(18)13-37/h5-11,14,16,31H,12-13H2,1-4H3,(H,34,38)/t16-/m1/s1. The summed E-state index contributed by atoms with van der Waals surface area (Å²) in [4.78, 5) is 40.3. The predicted octanol–water partition coefficient (Wildman–Crippen LogP) is 2.94. The Morgan fingerprint density at radius 3 is 2.64 bits per heavy atom. The Morgan fingerprint density at radius 2 is 1.88 bits per heavy atom. The number of amides is 1. The van der Waals surface area contributed by atoms with Crippen LogP contribution in [0.4, 0.5) is 16.0 Å². The molecule has 0 fully saturated rings. The van der Waals surface area contributed by atoms with Crippen molar-refractivity contribution < 1.29 is 17.6 Å². The van der Waals surface area contributed by atoms with Crippen LogP contribution in [0.5, 0.6) is 0 Å². The largest absolute Gasteiger partial charge is 0.375 e. The van der Waals surface area contributed by atoms with Crippen LogP contribution in [0.1, 0.15) is 42.1 Å². The number of imidazole rings is 1. The molecule has 6 rings (SSSR count). The maximum atomic E-state index is 13.9. The smallest absolute Gasteiger partial charge is 0.283 e. The molecule has 4 heterocycles. The summed E-state index contributed by atoms with van der Waals surface area (Å²) in [5.74, 6) is -0.517. The number of fused-ring (bicyclic) bond motifs is 3. The highest BCUT2D eigenvalue weighted by molar-refractivity contribution is 7.90. The van der Waals surface area contributed by atoms with Gasteiger partial charge in [-0.3, -0.25) is 18.6 Å². The third kappa shape index (κ3) is 4.72. The lowest BCUT2D eigenvalue weighted by Gasteiger charge is -2.23. The Morgan fingerprint density at radius 1 is 1.12 bits per heavy atom. The summed E-state index contributed by atoms with van der Waals surface area (Å²) < 4.78 is 45.0. The molecule has 1 aliphatic heterocycles. The van der Waals surface area contributed by atoms with Gasteiger partial charge in [-0.05, 0) is 48.7 Å². The van der Waals surface area contributed by atoms with Crippen LogP contribution < -0.4 is 20.5 Å². The first-order valence-corrected chi connectivity index (χ1v) is 14.6. The summed E-state index contributed by atoms with van der Waals surface area (Å²) >= 11 is 0. The lowest BCUT2D eigenvalue weighted by molar-refractivity contribution is -0.117. The van der Waals surface area contributed by atoms with Gasteiger partial charge >= 0.3 is 0 Å². The van der Waals surface area contributed by atoms with Crippen molar-refractivity contribution in [3.8, 4) is 0 Å².